The fourth-order valence-corrected chi connectivity index (χ4v) is 0.782. The molecule has 0 fully saturated rings. The molecule has 10 heavy (non-hydrogen) atoms. The molecule has 0 aromatic rings. The summed E-state index contributed by atoms with van der Waals surface area (Å²) in [7, 11) is -2.45. The maximum Gasteiger partial charge on any atom is 0.415 e. The molecule has 0 N–H and O–H groups in total. The normalized spacial score (nSPS) is 9.00. The van der Waals surface area contributed by atoms with Gasteiger partial charge >= 0.3 is 8.48 Å². The lowest BCUT2D eigenvalue weighted by atomic mass is 11.7. The number of isocyanates is 2. The van der Waals surface area contributed by atoms with Gasteiger partial charge in [-0.25, -0.2) is 9.59 Å². The van der Waals surface area contributed by atoms with Gasteiger partial charge in [-0.3, -0.25) is 0 Å². The monoisotopic (exact) mass is 158 g/mol. The molecule has 0 aliphatic rings. The molecule has 0 aliphatic heterocycles. The van der Waals surface area contributed by atoms with E-state index in [1.807, 2.05) is 0 Å². The molecular weight excluding hydrogens is 152 g/mol. The summed E-state index contributed by atoms with van der Waals surface area (Å²) in [4.78, 5) is 19.2. The Kier molecular flexibility index (Phi) is 3.28. The molecule has 5 nitrogen and oxygen atoms in total. The first-order chi connectivity index (χ1) is 4.62. The van der Waals surface area contributed by atoms with Crippen molar-refractivity contribution in [2.75, 3.05) is 0 Å². The van der Waals surface area contributed by atoms with Crippen LogP contribution in [0, 0.1) is 0 Å². The summed E-state index contributed by atoms with van der Waals surface area (Å²) in [6, 6.07) is 0. The van der Waals surface area contributed by atoms with E-state index in [2.05, 4.69) is 14.3 Å². The van der Waals surface area contributed by atoms with Gasteiger partial charge < -0.3 is 4.53 Å². The predicted octanol–water partition coefficient (Wildman–Crippen LogP) is 0.291. The molecule has 0 aromatic heterocycles. The van der Waals surface area contributed by atoms with E-state index in [1.54, 1.807) is 13.1 Å². The van der Waals surface area contributed by atoms with Crippen LogP contribution in [0.25, 0.3) is 0 Å². The molecular formula is C4H6N2O3Si. The number of hydrogen-bond donors (Lipinski definition) is 0. The number of hydrogen-bond acceptors (Lipinski definition) is 5. The summed E-state index contributed by atoms with van der Waals surface area (Å²) in [6.45, 7) is 3.19. The SMILES string of the molecule is C[Si](C)(N=C=O)ON=C=O. The van der Waals surface area contributed by atoms with Gasteiger partial charge in [0.1, 0.15) is 0 Å². The summed E-state index contributed by atoms with van der Waals surface area (Å²) < 4.78 is 7.86. The van der Waals surface area contributed by atoms with Crippen molar-refractivity contribution in [3.05, 3.63) is 0 Å². The molecule has 0 heterocycles. The Balaban J connectivity index is 4.11. The molecule has 0 rings (SSSR count). The molecule has 0 atom stereocenters. The van der Waals surface area contributed by atoms with Gasteiger partial charge in [-0.1, -0.05) is 0 Å². The van der Waals surface area contributed by atoms with Crippen molar-refractivity contribution >= 4 is 20.6 Å². The Morgan fingerprint density at radius 3 is 2.30 bits per heavy atom. The van der Waals surface area contributed by atoms with Gasteiger partial charge in [-0.2, -0.15) is 4.66 Å². The van der Waals surface area contributed by atoms with Crippen LogP contribution in [0.15, 0.2) is 9.81 Å². The van der Waals surface area contributed by atoms with Crippen LogP contribution in [0.2, 0.25) is 13.1 Å². The largest absolute Gasteiger partial charge is 0.417 e. The highest BCUT2D eigenvalue weighted by molar-refractivity contribution is 6.69. The fraction of sp³-hybridized carbons (Fsp3) is 0.500. The highest BCUT2D eigenvalue weighted by Gasteiger charge is 2.24. The zero-order valence-corrected chi connectivity index (χ0v) is 6.62. The summed E-state index contributed by atoms with van der Waals surface area (Å²) in [5.41, 5.74) is 0. The average Bonchev–Trinajstić information content (AvgIpc) is 1.84. The zero-order chi connectivity index (χ0) is 8.04. The van der Waals surface area contributed by atoms with Gasteiger partial charge in [0.2, 0.25) is 6.08 Å². The Labute approximate surface area is 58.6 Å². The second kappa shape index (κ2) is 3.74. The highest BCUT2D eigenvalue weighted by Crippen LogP contribution is 2.03. The summed E-state index contributed by atoms with van der Waals surface area (Å²) in [5, 5.41) is 2.85. The van der Waals surface area contributed by atoms with Crippen molar-refractivity contribution in [1.29, 1.82) is 0 Å². The van der Waals surface area contributed by atoms with Crippen molar-refractivity contribution in [2.45, 2.75) is 13.1 Å². The van der Waals surface area contributed by atoms with Gasteiger partial charge in [-0.05, 0) is 18.2 Å². The maximum absolute atomic E-state index is 9.71. The molecule has 0 saturated heterocycles. The first-order valence-electron chi connectivity index (χ1n) is 2.47. The summed E-state index contributed by atoms with van der Waals surface area (Å²) in [6.07, 6.45) is 2.52. The lowest BCUT2D eigenvalue weighted by Gasteiger charge is -2.07. The van der Waals surface area contributed by atoms with Crippen molar-refractivity contribution in [1.82, 2.24) is 0 Å². The molecule has 6 heteroatoms. The Hall–Kier alpha value is -1.22. The first kappa shape index (κ1) is 8.78. The van der Waals surface area contributed by atoms with Crippen LogP contribution in [-0.4, -0.2) is 20.6 Å². The average molecular weight is 158 g/mol. The number of rotatable bonds is 3. The van der Waals surface area contributed by atoms with E-state index < -0.39 is 8.48 Å². The summed E-state index contributed by atoms with van der Waals surface area (Å²) in [5.74, 6) is 0. The lowest BCUT2D eigenvalue weighted by Crippen LogP contribution is -2.24. The van der Waals surface area contributed by atoms with Crippen LogP contribution >= 0.6 is 0 Å². The molecule has 0 unspecified atom stereocenters. The van der Waals surface area contributed by atoms with Crippen LogP contribution in [0.5, 0.6) is 0 Å². The van der Waals surface area contributed by atoms with Crippen LogP contribution in [0.3, 0.4) is 0 Å². The maximum atomic E-state index is 9.71. The molecule has 0 saturated carbocycles. The second-order valence-corrected chi connectivity index (χ2v) is 5.22. The molecule has 0 aromatic carbocycles. The molecule has 0 amide bonds. The van der Waals surface area contributed by atoms with E-state index in [0.717, 1.165) is 0 Å². The molecule has 0 radical (unpaired) electrons. The van der Waals surface area contributed by atoms with E-state index in [9.17, 15) is 9.59 Å². The zero-order valence-electron chi connectivity index (χ0n) is 5.62. The quantitative estimate of drug-likeness (QED) is 0.256. The van der Waals surface area contributed by atoms with Gasteiger partial charge in [0.25, 0.3) is 6.08 Å². The second-order valence-electron chi connectivity index (χ2n) is 1.92. The minimum Gasteiger partial charge on any atom is -0.417 e. The smallest absolute Gasteiger partial charge is 0.415 e. The Morgan fingerprint density at radius 2 is 1.90 bits per heavy atom. The van der Waals surface area contributed by atoms with Gasteiger partial charge in [0.05, 0.1) is 0 Å². The van der Waals surface area contributed by atoms with E-state index in [1.165, 1.54) is 12.2 Å². The third kappa shape index (κ3) is 3.74. The number of carbonyl (C=O) groups excluding carboxylic acids is 2. The standard InChI is InChI=1S/C4H6N2O3Si/c1-10(2,6-4-8)9-5-3-7/h1-2H3. The highest BCUT2D eigenvalue weighted by atomic mass is 28.4. The van der Waals surface area contributed by atoms with Gasteiger partial charge in [-0.15, -0.1) is 0 Å². The Morgan fingerprint density at radius 1 is 1.30 bits per heavy atom. The lowest BCUT2D eigenvalue weighted by molar-refractivity contribution is 0.327. The van der Waals surface area contributed by atoms with Crippen LogP contribution < -0.4 is 0 Å². The van der Waals surface area contributed by atoms with E-state index in [0.29, 0.717) is 0 Å². The first-order valence-corrected chi connectivity index (χ1v) is 5.32. The van der Waals surface area contributed by atoms with Crippen LogP contribution in [-0.2, 0) is 14.1 Å². The minimum atomic E-state index is -2.45. The van der Waals surface area contributed by atoms with Crippen LogP contribution in [0.4, 0.5) is 0 Å². The predicted molar refractivity (Wildman–Crippen MR) is 34.8 cm³/mol. The summed E-state index contributed by atoms with van der Waals surface area (Å²) >= 11 is 0. The van der Waals surface area contributed by atoms with Crippen molar-refractivity contribution in [3.63, 3.8) is 0 Å². The van der Waals surface area contributed by atoms with Gasteiger partial charge in [0, 0.05) is 0 Å². The van der Waals surface area contributed by atoms with Crippen LogP contribution in [0.1, 0.15) is 0 Å². The third-order valence-electron chi connectivity index (χ3n) is 0.621. The minimum absolute atomic E-state index is 1.18. The molecule has 0 aliphatic carbocycles. The number of nitrogens with zero attached hydrogens (tertiary/aromatic N) is 2. The van der Waals surface area contributed by atoms with Crippen molar-refractivity contribution in [3.8, 4) is 0 Å². The van der Waals surface area contributed by atoms with E-state index >= 15 is 0 Å². The molecule has 0 spiro atoms. The van der Waals surface area contributed by atoms with Crippen molar-refractivity contribution in [2.24, 2.45) is 9.81 Å². The van der Waals surface area contributed by atoms with E-state index in [4.69, 9.17) is 0 Å². The van der Waals surface area contributed by atoms with E-state index in [-0.39, 0.29) is 0 Å². The Bertz CT molecular complexity index is 203. The van der Waals surface area contributed by atoms with Gasteiger partial charge in [0.15, 0.2) is 0 Å². The fourth-order valence-electron chi connectivity index (χ4n) is 0.261. The third-order valence-corrected chi connectivity index (χ3v) is 1.79. The molecule has 54 valence electrons. The topological polar surface area (TPSA) is 68.1 Å². The molecule has 0 bridgehead atoms. The van der Waals surface area contributed by atoms with Crippen molar-refractivity contribution < 1.29 is 14.1 Å².